The first-order valence-electron chi connectivity index (χ1n) is 7.76. The normalized spacial score (nSPS) is 21.7. The molecule has 1 aliphatic heterocycles. The van der Waals surface area contributed by atoms with E-state index in [9.17, 15) is 14.6 Å². The fourth-order valence-corrected chi connectivity index (χ4v) is 3.51. The van der Waals surface area contributed by atoms with Gasteiger partial charge in [0.15, 0.2) is 0 Å². The summed E-state index contributed by atoms with van der Waals surface area (Å²) in [6, 6.07) is 12.2. The number of aromatic nitrogens is 2. The number of imidazole rings is 1. The summed E-state index contributed by atoms with van der Waals surface area (Å²) in [4.78, 5) is 4.09. The van der Waals surface area contributed by atoms with Gasteiger partial charge in [0.2, 0.25) is 0 Å². The van der Waals surface area contributed by atoms with Crippen LogP contribution in [0.2, 0.25) is 0 Å². The van der Waals surface area contributed by atoms with Gasteiger partial charge in [-0.15, -0.1) is 0 Å². The summed E-state index contributed by atoms with van der Waals surface area (Å²) in [5.41, 5.74) is 0.292. The second-order valence-corrected chi connectivity index (χ2v) is 6.16. The minimum absolute atomic E-state index is 0.0463. The van der Waals surface area contributed by atoms with Gasteiger partial charge in [0.05, 0.1) is 35.9 Å². The van der Waals surface area contributed by atoms with E-state index in [0.29, 0.717) is 16.8 Å². The van der Waals surface area contributed by atoms with E-state index < -0.39 is 17.5 Å². The Morgan fingerprint density at radius 3 is 2.84 bits per heavy atom. The number of phenolic OH excluding ortho intramolecular Hbond substituents is 1. The summed E-state index contributed by atoms with van der Waals surface area (Å²) >= 11 is 0. The maximum atomic E-state index is 14.5. The average molecular weight is 335 g/mol. The Hall–Kier alpha value is -3.17. The number of aliphatic hydroxyl groups is 1. The summed E-state index contributed by atoms with van der Waals surface area (Å²) < 4.78 is 16.2. The Kier molecular flexibility index (Phi) is 3.34. The number of benzene rings is 2. The van der Waals surface area contributed by atoms with Crippen molar-refractivity contribution in [3.8, 4) is 11.8 Å². The van der Waals surface area contributed by atoms with Crippen molar-refractivity contribution in [1.82, 2.24) is 9.55 Å². The van der Waals surface area contributed by atoms with Crippen molar-refractivity contribution in [3.05, 3.63) is 83.2 Å². The number of rotatable bonds is 2. The van der Waals surface area contributed by atoms with Crippen LogP contribution in [0.15, 0.2) is 55.0 Å². The van der Waals surface area contributed by atoms with E-state index in [4.69, 9.17) is 5.26 Å². The molecule has 0 aliphatic carbocycles. The van der Waals surface area contributed by atoms with Gasteiger partial charge in [0.1, 0.15) is 17.2 Å². The number of nitrogens with zero attached hydrogens (tertiary/aromatic N) is 3. The first-order chi connectivity index (χ1) is 12.0. The summed E-state index contributed by atoms with van der Waals surface area (Å²) in [5, 5.41) is 30.0. The van der Waals surface area contributed by atoms with Gasteiger partial charge in [-0.25, -0.2) is 9.37 Å². The maximum Gasteiger partial charge on any atom is 0.133 e. The van der Waals surface area contributed by atoms with Crippen LogP contribution in [0.1, 0.15) is 34.8 Å². The quantitative estimate of drug-likeness (QED) is 0.754. The molecule has 0 fully saturated rings. The summed E-state index contributed by atoms with van der Waals surface area (Å²) in [6.07, 6.45) is 3.31. The van der Waals surface area contributed by atoms with Crippen LogP contribution in [0.4, 0.5) is 4.39 Å². The zero-order valence-electron chi connectivity index (χ0n) is 13.1. The molecule has 0 saturated carbocycles. The fourth-order valence-electron chi connectivity index (χ4n) is 3.51. The highest BCUT2D eigenvalue weighted by molar-refractivity contribution is 5.42. The minimum Gasteiger partial charge on any atom is -0.508 e. The third-order valence-electron chi connectivity index (χ3n) is 4.73. The van der Waals surface area contributed by atoms with Gasteiger partial charge in [-0.1, -0.05) is 18.2 Å². The number of nitriles is 1. The zero-order chi connectivity index (χ0) is 17.6. The van der Waals surface area contributed by atoms with Crippen LogP contribution in [-0.4, -0.2) is 19.8 Å². The number of fused-ring (bicyclic) bond motifs is 1. The van der Waals surface area contributed by atoms with Gasteiger partial charge < -0.3 is 14.8 Å². The van der Waals surface area contributed by atoms with Crippen molar-refractivity contribution in [2.45, 2.75) is 18.1 Å². The van der Waals surface area contributed by atoms with E-state index in [2.05, 4.69) is 4.98 Å². The summed E-state index contributed by atoms with van der Waals surface area (Å²) in [5.74, 6) is -0.450. The lowest BCUT2D eigenvalue weighted by atomic mass is 9.86. The third-order valence-corrected chi connectivity index (χ3v) is 4.73. The Morgan fingerprint density at radius 2 is 2.12 bits per heavy atom. The molecule has 5 nitrogen and oxygen atoms in total. The number of phenols is 1. The largest absolute Gasteiger partial charge is 0.508 e. The molecule has 2 heterocycles. The van der Waals surface area contributed by atoms with E-state index in [-0.39, 0.29) is 17.7 Å². The molecule has 25 heavy (non-hydrogen) atoms. The molecule has 3 aromatic rings. The van der Waals surface area contributed by atoms with Crippen LogP contribution in [0.5, 0.6) is 5.75 Å². The maximum absolute atomic E-state index is 14.5. The number of hydrogen-bond donors (Lipinski definition) is 2. The lowest BCUT2D eigenvalue weighted by molar-refractivity contribution is 0.0790. The van der Waals surface area contributed by atoms with Crippen LogP contribution >= 0.6 is 0 Å². The predicted octanol–water partition coefficient (Wildman–Crippen LogP) is 2.83. The molecule has 124 valence electrons. The monoisotopic (exact) mass is 335 g/mol. The Morgan fingerprint density at radius 1 is 1.28 bits per heavy atom. The molecule has 0 amide bonds. The molecular weight excluding hydrogens is 321 g/mol. The molecule has 0 radical (unpaired) electrons. The Labute approximate surface area is 143 Å². The molecule has 1 aliphatic rings. The SMILES string of the molecule is N#Cc1ccc(C2CC(O)(c3cccc(O)c3)c3cncn32)c(F)c1. The molecular formula is C19H14FN3O2. The van der Waals surface area contributed by atoms with E-state index in [1.807, 2.05) is 6.07 Å². The standard InChI is InChI=1S/C19H14FN3O2/c20-16-6-12(9-21)4-5-15(16)17-8-19(25,18-10-22-11-23(17)18)13-2-1-3-14(24)7-13/h1-7,10-11,17,24-25H,8H2. The van der Waals surface area contributed by atoms with Crippen molar-refractivity contribution < 1.29 is 14.6 Å². The average Bonchev–Trinajstić information content (AvgIpc) is 3.19. The van der Waals surface area contributed by atoms with Crippen molar-refractivity contribution >= 4 is 0 Å². The Bertz CT molecular complexity index is 1010. The van der Waals surface area contributed by atoms with Gasteiger partial charge in [-0.3, -0.25) is 0 Å². The van der Waals surface area contributed by atoms with E-state index >= 15 is 0 Å². The molecule has 0 spiro atoms. The molecule has 0 bridgehead atoms. The van der Waals surface area contributed by atoms with Gasteiger partial charge in [-0.2, -0.15) is 5.26 Å². The molecule has 2 unspecified atom stereocenters. The molecule has 2 N–H and O–H groups in total. The smallest absolute Gasteiger partial charge is 0.133 e. The highest BCUT2D eigenvalue weighted by atomic mass is 19.1. The Balaban J connectivity index is 1.83. The first kappa shape index (κ1) is 15.4. The van der Waals surface area contributed by atoms with Crippen LogP contribution in [0.3, 0.4) is 0 Å². The van der Waals surface area contributed by atoms with Gasteiger partial charge >= 0.3 is 0 Å². The van der Waals surface area contributed by atoms with Crippen LogP contribution < -0.4 is 0 Å². The van der Waals surface area contributed by atoms with Gasteiger partial charge in [-0.05, 0) is 29.8 Å². The highest BCUT2D eigenvalue weighted by Crippen LogP contribution is 2.47. The van der Waals surface area contributed by atoms with E-state index in [0.717, 1.165) is 0 Å². The highest BCUT2D eigenvalue weighted by Gasteiger charge is 2.45. The topological polar surface area (TPSA) is 82.1 Å². The number of halogens is 1. The van der Waals surface area contributed by atoms with Crippen molar-refractivity contribution in [2.24, 2.45) is 0 Å². The van der Waals surface area contributed by atoms with Crippen molar-refractivity contribution in [1.29, 1.82) is 5.26 Å². The van der Waals surface area contributed by atoms with Crippen molar-refractivity contribution in [2.75, 3.05) is 0 Å². The first-order valence-corrected chi connectivity index (χ1v) is 7.76. The zero-order valence-corrected chi connectivity index (χ0v) is 13.1. The van der Waals surface area contributed by atoms with Crippen LogP contribution in [-0.2, 0) is 5.60 Å². The lowest BCUT2D eigenvalue weighted by Crippen LogP contribution is -2.24. The van der Waals surface area contributed by atoms with Crippen LogP contribution in [0, 0.1) is 17.1 Å². The van der Waals surface area contributed by atoms with Gasteiger partial charge in [0.25, 0.3) is 0 Å². The summed E-state index contributed by atoms with van der Waals surface area (Å²) in [6.45, 7) is 0. The summed E-state index contributed by atoms with van der Waals surface area (Å²) in [7, 11) is 0. The molecule has 0 saturated heterocycles. The lowest BCUT2D eigenvalue weighted by Gasteiger charge is -2.23. The predicted molar refractivity (Wildman–Crippen MR) is 87.2 cm³/mol. The molecule has 4 rings (SSSR count). The second kappa shape index (κ2) is 5.43. The number of aromatic hydroxyl groups is 1. The van der Waals surface area contributed by atoms with Crippen molar-refractivity contribution in [3.63, 3.8) is 0 Å². The van der Waals surface area contributed by atoms with Crippen LogP contribution in [0.25, 0.3) is 0 Å². The van der Waals surface area contributed by atoms with Gasteiger partial charge in [0, 0.05) is 12.0 Å². The minimum atomic E-state index is -1.39. The molecule has 6 heteroatoms. The molecule has 2 aromatic carbocycles. The fraction of sp³-hybridized carbons (Fsp3) is 0.158. The second-order valence-electron chi connectivity index (χ2n) is 6.16. The molecule has 1 aromatic heterocycles. The molecule has 2 atom stereocenters. The third kappa shape index (κ3) is 2.29. The number of hydrogen-bond acceptors (Lipinski definition) is 4. The van der Waals surface area contributed by atoms with E-state index in [1.54, 1.807) is 41.4 Å². The van der Waals surface area contributed by atoms with E-state index in [1.165, 1.54) is 18.2 Å².